The number of fused-ring (bicyclic) bond motifs is 5. The zero-order chi connectivity index (χ0) is 23.5. The molecule has 0 N–H and O–H groups in total. The second-order valence-corrected chi connectivity index (χ2v) is 10.4. The maximum absolute atomic E-state index is 13.3. The Morgan fingerprint density at radius 3 is 2.12 bits per heavy atom. The molecular formula is C30H37NO3. The Hall–Kier alpha value is -2.62. The average molecular weight is 460 g/mol. The van der Waals surface area contributed by atoms with Crippen molar-refractivity contribution in [2.45, 2.75) is 89.1 Å². The lowest BCUT2D eigenvalue weighted by Crippen LogP contribution is -2.55. The monoisotopic (exact) mass is 459 g/mol. The zero-order valence-electron chi connectivity index (χ0n) is 20.4. The van der Waals surface area contributed by atoms with Crippen molar-refractivity contribution in [1.82, 2.24) is 4.90 Å². The van der Waals surface area contributed by atoms with E-state index in [1.165, 1.54) is 35.1 Å². The van der Waals surface area contributed by atoms with Crippen LogP contribution in [-0.2, 0) is 9.53 Å². The molecule has 3 aliphatic rings. The highest BCUT2D eigenvalue weighted by Crippen LogP contribution is 2.45. The molecule has 2 fully saturated rings. The Morgan fingerprint density at radius 1 is 0.882 bits per heavy atom. The average Bonchev–Trinajstić information content (AvgIpc) is 3.18. The topological polar surface area (TPSA) is 46.6 Å². The van der Waals surface area contributed by atoms with Crippen LogP contribution in [0.3, 0.4) is 0 Å². The number of carbonyl (C=O) groups excluding carboxylic acids is 2. The van der Waals surface area contributed by atoms with Gasteiger partial charge >= 0.3 is 6.09 Å². The molecule has 1 amide bonds. The third kappa shape index (κ3) is 4.52. The molecule has 0 radical (unpaired) electrons. The van der Waals surface area contributed by atoms with E-state index in [-0.39, 0.29) is 30.0 Å². The summed E-state index contributed by atoms with van der Waals surface area (Å²) in [5.41, 5.74) is 4.97. The van der Waals surface area contributed by atoms with Crippen molar-refractivity contribution >= 4 is 11.9 Å². The fourth-order valence-corrected chi connectivity index (χ4v) is 6.54. The molecule has 34 heavy (non-hydrogen) atoms. The smallest absolute Gasteiger partial charge is 0.410 e. The van der Waals surface area contributed by atoms with Crippen LogP contribution >= 0.6 is 0 Å². The molecule has 2 atom stereocenters. The fraction of sp³-hybridized carbons (Fsp3) is 0.533. The number of ketones is 1. The van der Waals surface area contributed by atoms with Gasteiger partial charge in [0.1, 0.15) is 12.4 Å². The van der Waals surface area contributed by atoms with Gasteiger partial charge in [0, 0.05) is 30.3 Å². The predicted octanol–water partition coefficient (Wildman–Crippen LogP) is 7.11. The van der Waals surface area contributed by atoms with Crippen LogP contribution in [0.4, 0.5) is 4.79 Å². The summed E-state index contributed by atoms with van der Waals surface area (Å²) in [6, 6.07) is 17.2. The van der Waals surface area contributed by atoms with E-state index in [9.17, 15) is 9.59 Å². The number of nitrogens with zero attached hydrogens (tertiary/aromatic N) is 1. The number of amides is 1. The van der Waals surface area contributed by atoms with Gasteiger partial charge in [0.05, 0.1) is 0 Å². The molecule has 2 unspecified atom stereocenters. The van der Waals surface area contributed by atoms with Crippen LogP contribution in [0.1, 0.15) is 88.2 Å². The van der Waals surface area contributed by atoms with Crippen molar-refractivity contribution in [2.75, 3.05) is 6.61 Å². The van der Waals surface area contributed by atoms with E-state index in [1.807, 2.05) is 4.90 Å². The highest BCUT2D eigenvalue weighted by Gasteiger charge is 2.43. The quantitative estimate of drug-likeness (QED) is 0.395. The number of ether oxygens (including phenoxy) is 1. The molecule has 4 heteroatoms. The first-order valence-electron chi connectivity index (χ1n) is 13.3. The molecule has 0 aromatic heterocycles. The normalized spacial score (nSPS) is 23.3. The van der Waals surface area contributed by atoms with E-state index in [0.717, 1.165) is 44.9 Å². The lowest BCUT2D eigenvalue weighted by Gasteiger charge is -2.47. The van der Waals surface area contributed by atoms with Crippen molar-refractivity contribution in [3.8, 4) is 11.1 Å². The van der Waals surface area contributed by atoms with Gasteiger partial charge in [-0.1, -0.05) is 74.7 Å². The van der Waals surface area contributed by atoms with Gasteiger partial charge in [-0.3, -0.25) is 4.79 Å². The maximum Gasteiger partial charge on any atom is 0.410 e. The molecule has 0 spiro atoms. The summed E-state index contributed by atoms with van der Waals surface area (Å²) < 4.78 is 6.01. The third-order valence-electron chi connectivity index (χ3n) is 8.25. The summed E-state index contributed by atoms with van der Waals surface area (Å²) in [5, 5.41) is 0. The van der Waals surface area contributed by atoms with Crippen LogP contribution in [0.25, 0.3) is 11.1 Å². The Labute approximate surface area is 203 Å². The highest BCUT2D eigenvalue weighted by atomic mass is 16.6. The van der Waals surface area contributed by atoms with E-state index in [4.69, 9.17) is 4.74 Å². The molecule has 1 aliphatic carbocycles. The molecule has 2 heterocycles. The van der Waals surface area contributed by atoms with Crippen LogP contribution in [0.2, 0.25) is 0 Å². The summed E-state index contributed by atoms with van der Waals surface area (Å²) in [4.78, 5) is 28.2. The summed E-state index contributed by atoms with van der Waals surface area (Å²) >= 11 is 0. The highest BCUT2D eigenvalue weighted by molar-refractivity contribution is 5.82. The third-order valence-corrected chi connectivity index (χ3v) is 8.25. The number of carbonyl (C=O) groups is 2. The number of piperidine rings is 2. The van der Waals surface area contributed by atoms with Crippen LogP contribution in [0.15, 0.2) is 48.5 Å². The van der Waals surface area contributed by atoms with Gasteiger partial charge in [-0.25, -0.2) is 4.79 Å². The molecule has 2 aliphatic heterocycles. The number of benzene rings is 2. The van der Waals surface area contributed by atoms with E-state index in [2.05, 4.69) is 55.5 Å². The molecule has 180 valence electrons. The number of rotatable bonds is 8. The van der Waals surface area contributed by atoms with Gasteiger partial charge in [-0.05, 0) is 60.8 Å². The van der Waals surface area contributed by atoms with Crippen molar-refractivity contribution in [2.24, 2.45) is 5.92 Å². The van der Waals surface area contributed by atoms with Gasteiger partial charge in [0.25, 0.3) is 0 Å². The van der Waals surface area contributed by atoms with Crippen molar-refractivity contribution in [1.29, 1.82) is 0 Å². The van der Waals surface area contributed by atoms with E-state index in [0.29, 0.717) is 18.8 Å². The minimum absolute atomic E-state index is 0.0819. The van der Waals surface area contributed by atoms with Crippen LogP contribution < -0.4 is 0 Å². The molecule has 0 saturated carbocycles. The van der Waals surface area contributed by atoms with Crippen LogP contribution in [0.5, 0.6) is 0 Å². The Balaban J connectivity index is 1.23. The Morgan fingerprint density at radius 2 is 1.50 bits per heavy atom. The largest absolute Gasteiger partial charge is 0.448 e. The molecule has 2 aromatic rings. The summed E-state index contributed by atoms with van der Waals surface area (Å²) in [5.74, 6) is 0.619. The van der Waals surface area contributed by atoms with E-state index < -0.39 is 0 Å². The second kappa shape index (κ2) is 10.3. The number of Topliss-reactive ketones (excluding diaryl/α,β-unsaturated/α-hetero) is 1. The minimum Gasteiger partial charge on any atom is -0.448 e. The van der Waals surface area contributed by atoms with E-state index >= 15 is 0 Å². The second-order valence-electron chi connectivity index (χ2n) is 10.4. The van der Waals surface area contributed by atoms with Gasteiger partial charge < -0.3 is 9.64 Å². The summed E-state index contributed by atoms with van der Waals surface area (Å²) in [6.45, 7) is 2.56. The van der Waals surface area contributed by atoms with Crippen LogP contribution in [0, 0.1) is 5.92 Å². The van der Waals surface area contributed by atoms with E-state index in [1.54, 1.807) is 0 Å². The van der Waals surface area contributed by atoms with Crippen LogP contribution in [-0.4, -0.2) is 35.5 Å². The fourth-order valence-electron chi connectivity index (χ4n) is 6.54. The van der Waals surface area contributed by atoms with Crippen molar-refractivity contribution in [3.05, 3.63) is 59.7 Å². The van der Waals surface area contributed by atoms with Crippen molar-refractivity contribution < 1.29 is 14.3 Å². The van der Waals surface area contributed by atoms with Gasteiger partial charge in [-0.15, -0.1) is 0 Å². The Bertz CT molecular complexity index is 972. The Kier molecular flexibility index (Phi) is 7.03. The number of unbranched alkanes of at least 4 members (excludes halogenated alkanes) is 3. The maximum atomic E-state index is 13.3. The molecule has 5 rings (SSSR count). The van der Waals surface area contributed by atoms with Gasteiger partial charge in [0.15, 0.2) is 0 Å². The van der Waals surface area contributed by atoms with Gasteiger partial charge in [0.2, 0.25) is 0 Å². The summed E-state index contributed by atoms with van der Waals surface area (Å²) in [7, 11) is 0. The molecule has 2 bridgehead atoms. The number of hydrogen-bond donors (Lipinski definition) is 0. The predicted molar refractivity (Wildman–Crippen MR) is 135 cm³/mol. The standard InChI is InChI=1S/C30H37NO3/c1-2-3-4-5-17-29(32)21-18-22-11-10-12-23(19-21)31(22)30(33)34-20-28-26-15-8-6-13-24(26)25-14-7-9-16-27(25)28/h6-9,13-16,21-23,28H,2-5,10-12,17-20H2,1H3. The molecule has 4 nitrogen and oxygen atoms in total. The lowest BCUT2D eigenvalue weighted by molar-refractivity contribution is -0.126. The SMILES string of the molecule is CCCCCCC(=O)C1CC2CCCC(C1)N2C(=O)OCC1c2ccccc2-c2ccccc21. The molecule has 2 aromatic carbocycles. The lowest BCUT2D eigenvalue weighted by atomic mass is 9.76. The minimum atomic E-state index is -0.189. The zero-order valence-corrected chi connectivity index (χ0v) is 20.4. The number of hydrogen-bond acceptors (Lipinski definition) is 3. The van der Waals surface area contributed by atoms with Gasteiger partial charge in [-0.2, -0.15) is 0 Å². The van der Waals surface area contributed by atoms with Crippen molar-refractivity contribution in [3.63, 3.8) is 0 Å². The first-order chi connectivity index (χ1) is 16.7. The summed E-state index contributed by atoms with van der Waals surface area (Å²) in [6.07, 6.45) is 9.80. The first-order valence-corrected chi connectivity index (χ1v) is 13.3. The molecule has 2 saturated heterocycles. The molecular weight excluding hydrogens is 422 g/mol. The first kappa shape index (κ1) is 23.1.